The molecule has 0 radical (unpaired) electrons. The van der Waals surface area contributed by atoms with E-state index in [9.17, 15) is 10.2 Å². The van der Waals surface area contributed by atoms with E-state index in [0.717, 1.165) is 16.7 Å². The molecule has 0 aliphatic rings. The lowest BCUT2D eigenvalue weighted by molar-refractivity contribution is -0.722. The Kier molecular flexibility index (Phi) is 6.14. The predicted octanol–water partition coefficient (Wildman–Crippen LogP) is -1.59. The Labute approximate surface area is 116 Å². The number of phenols is 1. The third-order valence-corrected chi connectivity index (χ3v) is 2.85. The number of benzene rings is 1. The molecule has 0 heterocycles. The molecule has 0 spiro atoms. The van der Waals surface area contributed by atoms with Crippen LogP contribution >= 0.6 is 0 Å². The minimum absolute atomic E-state index is 0. The number of hydrogen-bond acceptors (Lipinski definition) is 2. The summed E-state index contributed by atoms with van der Waals surface area (Å²) in [5.74, 6) is 0.320. The number of aliphatic hydroxyl groups excluding tert-OH is 1. The smallest absolute Gasteiger partial charge is 0.128 e. The molecule has 0 aromatic heterocycles. The fourth-order valence-electron chi connectivity index (χ4n) is 1.78. The Bertz CT molecular complexity index is 376. The summed E-state index contributed by atoms with van der Waals surface area (Å²) in [4.78, 5) is 0. The zero-order chi connectivity index (χ0) is 13.2. The maximum absolute atomic E-state index is 10.1. The topological polar surface area (TPSA) is 57.1 Å². The molecule has 0 aliphatic heterocycles. The van der Waals surface area contributed by atoms with Crippen LogP contribution in [0.15, 0.2) is 12.1 Å². The van der Waals surface area contributed by atoms with Crippen molar-refractivity contribution in [3.05, 3.63) is 28.8 Å². The summed E-state index contributed by atoms with van der Waals surface area (Å²) < 4.78 is 0. The van der Waals surface area contributed by atoms with E-state index in [-0.39, 0.29) is 17.9 Å². The van der Waals surface area contributed by atoms with Gasteiger partial charge < -0.3 is 27.9 Å². The summed E-state index contributed by atoms with van der Waals surface area (Å²) in [5, 5.41) is 21.9. The monoisotopic (exact) mass is 273 g/mol. The van der Waals surface area contributed by atoms with E-state index in [0.29, 0.717) is 12.3 Å². The van der Waals surface area contributed by atoms with Crippen LogP contribution in [0.1, 0.15) is 43.6 Å². The first-order chi connectivity index (χ1) is 7.70. The quantitative estimate of drug-likeness (QED) is 0.622. The van der Waals surface area contributed by atoms with E-state index in [2.05, 4.69) is 26.1 Å². The first-order valence-corrected chi connectivity index (χ1v) is 6.03. The Balaban J connectivity index is 0.00000289. The molecule has 4 heteroatoms. The molecular formula is C14H24ClNO2. The van der Waals surface area contributed by atoms with Gasteiger partial charge in [-0.15, -0.1) is 0 Å². The molecule has 0 saturated heterocycles. The molecule has 3 nitrogen and oxygen atoms in total. The van der Waals surface area contributed by atoms with Gasteiger partial charge in [0.15, 0.2) is 0 Å². The highest BCUT2D eigenvalue weighted by molar-refractivity contribution is 5.42. The fourth-order valence-corrected chi connectivity index (χ4v) is 1.78. The average Bonchev–Trinajstić information content (AvgIpc) is 2.20. The fraction of sp³-hybridized carbons (Fsp3) is 0.571. The summed E-state index contributed by atoms with van der Waals surface area (Å²) in [6.45, 7) is 10.7. The number of aromatic hydroxyl groups is 1. The van der Waals surface area contributed by atoms with Crippen molar-refractivity contribution in [1.29, 1.82) is 0 Å². The van der Waals surface area contributed by atoms with Crippen LogP contribution in [0, 0.1) is 13.8 Å². The van der Waals surface area contributed by atoms with Crippen molar-refractivity contribution >= 4 is 0 Å². The van der Waals surface area contributed by atoms with Gasteiger partial charge >= 0.3 is 0 Å². The maximum Gasteiger partial charge on any atom is 0.128 e. The third kappa shape index (κ3) is 4.84. The van der Waals surface area contributed by atoms with E-state index in [1.54, 1.807) is 0 Å². The number of aliphatic hydroxyl groups is 1. The zero-order valence-corrected chi connectivity index (χ0v) is 12.5. The minimum Gasteiger partial charge on any atom is -1.00 e. The highest BCUT2D eigenvalue weighted by Gasteiger charge is 2.18. The second kappa shape index (κ2) is 6.41. The lowest BCUT2D eigenvalue weighted by Gasteiger charge is -2.20. The van der Waals surface area contributed by atoms with E-state index >= 15 is 0 Å². The summed E-state index contributed by atoms with van der Waals surface area (Å²) in [7, 11) is 0. The number of halogens is 1. The lowest BCUT2D eigenvalue weighted by atomic mass is 10.0. The second-order valence-electron chi connectivity index (χ2n) is 5.82. The molecule has 0 saturated carbocycles. The molecular weight excluding hydrogens is 250 g/mol. The molecule has 0 amide bonds. The van der Waals surface area contributed by atoms with Gasteiger partial charge in [0.25, 0.3) is 0 Å². The number of nitrogens with two attached hydrogens (primary N) is 1. The van der Waals surface area contributed by atoms with Crippen LogP contribution < -0.4 is 17.7 Å². The van der Waals surface area contributed by atoms with Gasteiger partial charge in [0, 0.05) is 0 Å². The van der Waals surface area contributed by atoms with Crippen molar-refractivity contribution in [2.24, 2.45) is 0 Å². The number of quaternary nitrogens is 1. The molecule has 4 N–H and O–H groups in total. The van der Waals surface area contributed by atoms with Gasteiger partial charge in [-0.2, -0.15) is 0 Å². The van der Waals surface area contributed by atoms with E-state index in [1.807, 2.05) is 26.0 Å². The lowest BCUT2D eigenvalue weighted by Crippen LogP contribution is -3.00. The minimum atomic E-state index is -0.493. The molecule has 0 bridgehead atoms. The van der Waals surface area contributed by atoms with Crippen LogP contribution in [0.25, 0.3) is 0 Å². The zero-order valence-electron chi connectivity index (χ0n) is 11.8. The molecule has 1 atom stereocenters. The molecule has 0 fully saturated rings. The maximum atomic E-state index is 10.1. The Morgan fingerprint density at radius 3 is 2.00 bits per heavy atom. The van der Waals surface area contributed by atoms with Crippen LogP contribution in [0.5, 0.6) is 5.75 Å². The third-order valence-electron chi connectivity index (χ3n) is 2.85. The normalized spacial score (nSPS) is 13.0. The van der Waals surface area contributed by atoms with E-state index in [4.69, 9.17) is 0 Å². The summed E-state index contributed by atoms with van der Waals surface area (Å²) >= 11 is 0. The standard InChI is InChI=1S/C14H23NO2.ClH/c1-9-6-11(7-10(2)13(9)17)12(16)8-15-14(3,4)5;/h6-7,12,15-17H,8H2,1-5H3;1H. The largest absolute Gasteiger partial charge is 1.00 e. The van der Waals surface area contributed by atoms with Crippen molar-refractivity contribution in [2.75, 3.05) is 6.54 Å². The molecule has 1 aromatic rings. The summed E-state index contributed by atoms with van der Waals surface area (Å²) in [6, 6.07) is 3.70. The van der Waals surface area contributed by atoms with Crippen LogP contribution in [0.4, 0.5) is 0 Å². The highest BCUT2D eigenvalue weighted by Crippen LogP contribution is 2.25. The van der Waals surface area contributed by atoms with Crippen LogP contribution in [0.3, 0.4) is 0 Å². The van der Waals surface area contributed by atoms with Crippen LogP contribution in [0.2, 0.25) is 0 Å². The first-order valence-electron chi connectivity index (χ1n) is 6.03. The molecule has 1 aromatic carbocycles. The van der Waals surface area contributed by atoms with Gasteiger partial charge in [-0.3, -0.25) is 0 Å². The van der Waals surface area contributed by atoms with Crippen molar-refractivity contribution in [3.63, 3.8) is 0 Å². The number of aryl methyl sites for hydroxylation is 2. The van der Waals surface area contributed by atoms with Gasteiger partial charge in [0.1, 0.15) is 18.4 Å². The molecule has 1 rings (SSSR count). The van der Waals surface area contributed by atoms with Crippen molar-refractivity contribution in [1.82, 2.24) is 0 Å². The number of rotatable bonds is 3. The Morgan fingerprint density at radius 2 is 1.61 bits per heavy atom. The van der Waals surface area contributed by atoms with Crippen molar-refractivity contribution in [2.45, 2.75) is 46.3 Å². The van der Waals surface area contributed by atoms with Gasteiger partial charge in [-0.05, 0) is 63.4 Å². The second-order valence-corrected chi connectivity index (χ2v) is 5.82. The van der Waals surface area contributed by atoms with Gasteiger partial charge in [-0.1, -0.05) is 0 Å². The van der Waals surface area contributed by atoms with Crippen molar-refractivity contribution in [3.8, 4) is 5.75 Å². The van der Waals surface area contributed by atoms with Crippen LogP contribution in [-0.4, -0.2) is 22.3 Å². The Morgan fingerprint density at radius 1 is 1.17 bits per heavy atom. The predicted molar refractivity (Wildman–Crippen MR) is 69.1 cm³/mol. The summed E-state index contributed by atoms with van der Waals surface area (Å²) in [5.41, 5.74) is 2.62. The molecule has 0 aliphatic carbocycles. The number of hydrogen-bond donors (Lipinski definition) is 3. The highest BCUT2D eigenvalue weighted by atomic mass is 35.5. The van der Waals surface area contributed by atoms with Crippen LogP contribution in [-0.2, 0) is 0 Å². The molecule has 1 unspecified atom stereocenters. The average molecular weight is 274 g/mol. The van der Waals surface area contributed by atoms with Gasteiger partial charge in [0.2, 0.25) is 0 Å². The van der Waals surface area contributed by atoms with E-state index in [1.165, 1.54) is 0 Å². The van der Waals surface area contributed by atoms with Gasteiger partial charge in [-0.25, -0.2) is 0 Å². The van der Waals surface area contributed by atoms with Gasteiger partial charge in [0.05, 0.1) is 5.54 Å². The summed E-state index contributed by atoms with van der Waals surface area (Å²) in [6.07, 6.45) is -0.493. The van der Waals surface area contributed by atoms with Crippen molar-refractivity contribution < 1.29 is 27.9 Å². The first kappa shape index (κ1) is 17.2. The molecule has 18 heavy (non-hydrogen) atoms. The Hall–Kier alpha value is -0.770. The van der Waals surface area contributed by atoms with E-state index < -0.39 is 6.10 Å². The SMILES string of the molecule is Cc1cc(C(O)C[NH2+]C(C)(C)C)cc(C)c1O.[Cl-]. The molecule has 104 valence electrons. The number of phenolic OH excluding ortho intramolecular Hbond substituents is 1.